The number of hydrogen-bond acceptors (Lipinski definition) is 7. The lowest BCUT2D eigenvalue weighted by Crippen LogP contribution is -2.31. The first-order valence-corrected chi connectivity index (χ1v) is 7.36. The van der Waals surface area contributed by atoms with Gasteiger partial charge < -0.3 is 20.9 Å². The van der Waals surface area contributed by atoms with Gasteiger partial charge in [-0.3, -0.25) is 4.79 Å². The lowest BCUT2D eigenvalue weighted by Gasteiger charge is -2.26. The molecule has 0 radical (unpaired) electrons. The first kappa shape index (κ1) is 15.3. The summed E-state index contributed by atoms with van der Waals surface area (Å²) in [6.07, 6.45) is 3.98. The summed E-state index contributed by atoms with van der Waals surface area (Å²) < 4.78 is 0. The normalized spacial score (nSPS) is 14.7. The zero-order valence-corrected chi connectivity index (χ0v) is 12.6. The van der Waals surface area contributed by atoms with E-state index < -0.39 is 0 Å². The van der Waals surface area contributed by atoms with Crippen molar-refractivity contribution in [2.24, 2.45) is 0 Å². The van der Waals surface area contributed by atoms with Crippen LogP contribution in [0.1, 0.15) is 25.7 Å². The fraction of sp³-hybridized carbons (Fsp3) is 0.692. The Morgan fingerprint density at radius 2 is 1.81 bits per heavy atom. The van der Waals surface area contributed by atoms with Crippen LogP contribution in [0.2, 0.25) is 0 Å². The van der Waals surface area contributed by atoms with Crippen molar-refractivity contribution >= 4 is 23.8 Å². The minimum absolute atomic E-state index is 0.0124. The number of nitrogens with one attached hydrogen (secondary N) is 3. The molecular formula is C13H23N7O. The van der Waals surface area contributed by atoms with E-state index in [0.717, 1.165) is 13.1 Å². The van der Waals surface area contributed by atoms with Crippen LogP contribution in [0.3, 0.4) is 0 Å². The minimum atomic E-state index is -0.0124. The van der Waals surface area contributed by atoms with Crippen molar-refractivity contribution in [2.75, 3.05) is 49.3 Å². The predicted octanol–water partition coefficient (Wildman–Crippen LogP) is 0.452. The summed E-state index contributed by atoms with van der Waals surface area (Å²) >= 11 is 0. The Kier molecular flexibility index (Phi) is 5.53. The van der Waals surface area contributed by atoms with E-state index in [2.05, 4.69) is 35.8 Å². The molecule has 8 heteroatoms. The summed E-state index contributed by atoms with van der Waals surface area (Å²) in [4.78, 5) is 26.5. The van der Waals surface area contributed by atoms with Crippen LogP contribution in [-0.2, 0) is 4.79 Å². The van der Waals surface area contributed by atoms with Crippen LogP contribution in [0.25, 0.3) is 0 Å². The van der Waals surface area contributed by atoms with Crippen molar-refractivity contribution in [3.63, 3.8) is 0 Å². The van der Waals surface area contributed by atoms with E-state index >= 15 is 0 Å². The van der Waals surface area contributed by atoms with Crippen LogP contribution in [0.4, 0.5) is 17.8 Å². The molecule has 0 unspecified atom stereocenters. The molecule has 21 heavy (non-hydrogen) atoms. The number of nitrogens with zero attached hydrogens (tertiary/aromatic N) is 4. The van der Waals surface area contributed by atoms with Gasteiger partial charge in [-0.25, -0.2) is 0 Å². The molecule has 1 amide bonds. The van der Waals surface area contributed by atoms with Crippen molar-refractivity contribution in [3.05, 3.63) is 0 Å². The van der Waals surface area contributed by atoms with Crippen molar-refractivity contribution in [1.29, 1.82) is 0 Å². The molecule has 1 aromatic rings. The smallest absolute Gasteiger partial charge is 0.231 e. The number of carbonyl (C=O) groups is 1. The van der Waals surface area contributed by atoms with E-state index in [1.165, 1.54) is 19.3 Å². The fourth-order valence-electron chi connectivity index (χ4n) is 2.20. The van der Waals surface area contributed by atoms with Gasteiger partial charge in [0.15, 0.2) is 0 Å². The van der Waals surface area contributed by atoms with Gasteiger partial charge in [-0.15, -0.1) is 0 Å². The van der Waals surface area contributed by atoms with Gasteiger partial charge in [-0.05, 0) is 19.3 Å². The van der Waals surface area contributed by atoms with E-state index in [-0.39, 0.29) is 5.91 Å². The zero-order valence-electron chi connectivity index (χ0n) is 12.6. The third kappa shape index (κ3) is 4.44. The molecule has 116 valence electrons. The summed E-state index contributed by atoms with van der Waals surface area (Å²) in [5, 5.41) is 8.61. The number of carbonyl (C=O) groups excluding carboxylic acids is 1. The van der Waals surface area contributed by atoms with Crippen LogP contribution in [0.5, 0.6) is 0 Å². The minimum Gasteiger partial charge on any atom is -0.359 e. The molecule has 1 aliphatic heterocycles. The van der Waals surface area contributed by atoms with Crippen LogP contribution in [0, 0.1) is 0 Å². The molecule has 1 fully saturated rings. The Hall–Kier alpha value is -2.12. The van der Waals surface area contributed by atoms with Crippen LogP contribution in [0.15, 0.2) is 0 Å². The lowest BCUT2D eigenvalue weighted by molar-refractivity contribution is -0.120. The van der Waals surface area contributed by atoms with Crippen LogP contribution < -0.4 is 20.9 Å². The molecule has 0 bridgehead atoms. The average Bonchev–Trinajstić information content (AvgIpc) is 2.55. The average molecular weight is 293 g/mol. The number of piperidine rings is 1. The summed E-state index contributed by atoms with van der Waals surface area (Å²) in [5.74, 6) is 1.71. The number of aromatic nitrogens is 3. The highest BCUT2D eigenvalue weighted by molar-refractivity contribution is 5.75. The molecule has 8 nitrogen and oxygen atoms in total. The highest BCUT2D eigenvalue weighted by Gasteiger charge is 2.15. The maximum Gasteiger partial charge on any atom is 0.231 e. The SMILES string of the molecule is CNC(=O)CCNc1nc(NC)nc(N2CCCCC2)n1. The van der Waals surface area contributed by atoms with Gasteiger partial charge in [0.05, 0.1) is 0 Å². The van der Waals surface area contributed by atoms with E-state index in [1.807, 2.05) is 0 Å². The van der Waals surface area contributed by atoms with Crippen LogP contribution in [-0.4, -0.2) is 54.6 Å². The largest absolute Gasteiger partial charge is 0.359 e. The first-order valence-electron chi connectivity index (χ1n) is 7.36. The van der Waals surface area contributed by atoms with E-state index in [4.69, 9.17) is 0 Å². The molecule has 2 rings (SSSR count). The van der Waals surface area contributed by atoms with E-state index in [9.17, 15) is 4.79 Å². The van der Waals surface area contributed by atoms with Crippen molar-refractivity contribution in [1.82, 2.24) is 20.3 Å². The van der Waals surface area contributed by atoms with Gasteiger partial charge in [0.25, 0.3) is 0 Å². The second kappa shape index (κ2) is 7.61. The topological polar surface area (TPSA) is 95.1 Å². The second-order valence-corrected chi connectivity index (χ2v) is 4.93. The summed E-state index contributed by atoms with van der Waals surface area (Å²) in [6.45, 7) is 2.45. The molecule has 2 heterocycles. The molecule has 3 N–H and O–H groups in total. The van der Waals surface area contributed by atoms with Gasteiger partial charge >= 0.3 is 0 Å². The molecule has 0 aliphatic carbocycles. The van der Waals surface area contributed by atoms with Crippen molar-refractivity contribution in [3.8, 4) is 0 Å². The fourth-order valence-corrected chi connectivity index (χ4v) is 2.20. The standard InChI is InChI=1S/C13H23N7O/c1-14-10(21)6-7-16-12-17-11(15-2)18-13(19-12)20-8-4-3-5-9-20/h3-9H2,1-2H3,(H,14,21)(H2,15,16,17,18,19). The number of amides is 1. The number of hydrogen-bond donors (Lipinski definition) is 3. The van der Waals surface area contributed by atoms with Gasteiger partial charge in [-0.1, -0.05) is 0 Å². The Labute approximate surface area is 124 Å². The third-order valence-corrected chi connectivity index (χ3v) is 3.40. The Balaban J connectivity index is 2.04. The predicted molar refractivity (Wildman–Crippen MR) is 82.6 cm³/mol. The van der Waals surface area contributed by atoms with Gasteiger partial charge in [0.2, 0.25) is 23.8 Å². The highest BCUT2D eigenvalue weighted by atomic mass is 16.1. The number of anilines is 3. The Morgan fingerprint density at radius 1 is 1.10 bits per heavy atom. The third-order valence-electron chi connectivity index (χ3n) is 3.40. The Bertz CT molecular complexity index is 474. The maximum atomic E-state index is 11.2. The van der Waals surface area contributed by atoms with E-state index in [1.54, 1.807) is 14.1 Å². The number of rotatable bonds is 6. The second-order valence-electron chi connectivity index (χ2n) is 4.93. The molecule has 0 atom stereocenters. The summed E-state index contributed by atoms with van der Waals surface area (Å²) in [7, 11) is 3.41. The van der Waals surface area contributed by atoms with Gasteiger partial charge in [0, 0.05) is 40.2 Å². The van der Waals surface area contributed by atoms with Crippen LogP contribution >= 0.6 is 0 Å². The molecule has 1 saturated heterocycles. The highest BCUT2D eigenvalue weighted by Crippen LogP contribution is 2.18. The van der Waals surface area contributed by atoms with Crippen molar-refractivity contribution < 1.29 is 4.79 Å². The zero-order chi connectivity index (χ0) is 15.1. The van der Waals surface area contributed by atoms with Gasteiger partial charge in [-0.2, -0.15) is 15.0 Å². The summed E-state index contributed by atoms with van der Waals surface area (Å²) in [5.41, 5.74) is 0. The summed E-state index contributed by atoms with van der Waals surface area (Å²) in [6, 6.07) is 0. The molecule has 1 aromatic heterocycles. The monoisotopic (exact) mass is 293 g/mol. The van der Waals surface area contributed by atoms with E-state index in [0.29, 0.717) is 30.8 Å². The molecule has 0 aromatic carbocycles. The molecular weight excluding hydrogens is 270 g/mol. The lowest BCUT2D eigenvalue weighted by atomic mass is 10.1. The quantitative estimate of drug-likeness (QED) is 0.701. The Morgan fingerprint density at radius 3 is 2.48 bits per heavy atom. The molecule has 0 saturated carbocycles. The van der Waals surface area contributed by atoms with Gasteiger partial charge in [0.1, 0.15) is 0 Å². The van der Waals surface area contributed by atoms with Crippen molar-refractivity contribution in [2.45, 2.75) is 25.7 Å². The molecule has 1 aliphatic rings. The first-order chi connectivity index (χ1) is 10.2. The maximum absolute atomic E-state index is 11.2. The molecule has 0 spiro atoms.